The van der Waals surface area contributed by atoms with Crippen molar-refractivity contribution in [2.75, 3.05) is 39.4 Å². The van der Waals surface area contributed by atoms with E-state index in [1.54, 1.807) is 17.0 Å². The lowest BCUT2D eigenvalue weighted by molar-refractivity contribution is -0.140. The van der Waals surface area contributed by atoms with E-state index in [0.29, 0.717) is 44.3 Å². The number of sulfonamides is 1. The first-order valence-corrected chi connectivity index (χ1v) is 9.92. The molecule has 0 saturated carbocycles. The van der Waals surface area contributed by atoms with E-state index in [1.165, 1.54) is 16.4 Å². The van der Waals surface area contributed by atoms with Gasteiger partial charge in [0.15, 0.2) is 0 Å². The number of morpholine rings is 1. The molecule has 1 amide bonds. The number of nitrogens with zero attached hydrogens (tertiary/aromatic N) is 2. The van der Waals surface area contributed by atoms with Gasteiger partial charge < -0.3 is 9.64 Å². The highest BCUT2D eigenvalue weighted by molar-refractivity contribution is 7.89. The molecular formula is C16H21ClN2O4S. The molecule has 1 atom stereocenters. The van der Waals surface area contributed by atoms with E-state index < -0.39 is 10.0 Å². The first-order chi connectivity index (χ1) is 11.5. The monoisotopic (exact) mass is 372 g/mol. The van der Waals surface area contributed by atoms with Gasteiger partial charge in [-0.1, -0.05) is 11.6 Å². The standard InChI is InChI=1S/C16H21ClN2O4S/c17-14-3-5-15(6-4-14)24(21,22)19-7-1-2-13(12-19)16(20)18-8-10-23-11-9-18/h3-6,13H,1-2,7-12H2/t13-/m0/s1. The Bertz CT molecular complexity index is 687. The summed E-state index contributed by atoms with van der Waals surface area (Å²) in [6.45, 7) is 2.94. The van der Waals surface area contributed by atoms with Crippen molar-refractivity contribution in [2.45, 2.75) is 17.7 Å². The first kappa shape index (κ1) is 17.7. The minimum atomic E-state index is -3.60. The molecule has 0 radical (unpaired) electrons. The third kappa shape index (κ3) is 3.74. The smallest absolute Gasteiger partial charge is 0.243 e. The Kier molecular flexibility index (Phi) is 5.44. The van der Waals surface area contributed by atoms with Gasteiger partial charge in [0.05, 0.1) is 24.0 Å². The van der Waals surface area contributed by atoms with E-state index in [-0.39, 0.29) is 23.3 Å². The van der Waals surface area contributed by atoms with Crippen LogP contribution in [0.2, 0.25) is 5.02 Å². The third-order valence-corrected chi connectivity index (χ3v) is 6.64. The number of hydrogen-bond donors (Lipinski definition) is 0. The number of carbonyl (C=O) groups excluding carboxylic acids is 1. The minimum absolute atomic E-state index is 0.0364. The SMILES string of the molecule is O=C([C@H]1CCCN(S(=O)(=O)c2ccc(Cl)cc2)C1)N1CCOCC1. The Balaban J connectivity index is 1.72. The Morgan fingerprint density at radius 3 is 2.46 bits per heavy atom. The predicted octanol–water partition coefficient (Wildman–Crippen LogP) is 1.60. The zero-order valence-corrected chi connectivity index (χ0v) is 14.9. The second kappa shape index (κ2) is 7.39. The Morgan fingerprint density at radius 1 is 1.12 bits per heavy atom. The maximum Gasteiger partial charge on any atom is 0.243 e. The van der Waals surface area contributed by atoms with Crippen LogP contribution in [0.25, 0.3) is 0 Å². The number of halogens is 1. The highest BCUT2D eigenvalue weighted by Gasteiger charge is 2.35. The van der Waals surface area contributed by atoms with E-state index in [9.17, 15) is 13.2 Å². The molecule has 132 valence electrons. The highest BCUT2D eigenvalue weighted by Crippen LogP contribution is 2.26. The Morgan fingerprint density at radius 2 is 1.79 bits per heavy atom. The lowest BCUT2D eigenvalue weighted by atomic mass is 9.98. The quantitative estimate of drug-likeness (QED) is 0.808. The molecule has 0 N–H and O–H groups in total. The van der Waals surface area contributed by atoms with Crippen LogP contribution in [0, 0.1) is 5.92 Å². The maximum atomic E-state index is 12.8. The molecule has 0 aromatic heterocycles. The second-order valence-corrected chi connectivity index (χ2v) is 8.47. The van der Waals surface area contributed by atoms with Gasteiger partial charge in [-0.25, -0.2) is 8.42 Å². The van der Waals surface area contributed by atoms with Crippen LogP contribution in [0.1, 0.15) is 12.8 Å². The predicted molar refractivity (Wildman–Crippen MR) is 90.3 cm³/mol. The number of rotatable bonds is 3. The molecule has 2 saturated heterocycles. The molecule has 0 unspecified atom stereocenters. The van der Waals surface area contributed by atoms with Crippen LogP contribution >= 0.6 is 11.6 Å². The largest absolute Gasteiger partial charge is 0.378 e. The van der Waals surface area contributed by atoms with Gasteiger partial charge in [0.25, 0.3) is 0 Å². The highest BCUT2D eigenvalue weighted by atomic mass is 35.5. The zero-order valence-electron chi connectivity index (χ0n) is 13.4. The molecule has 8 heteroatoms. The Labute approximate surface area is 147 Å². The van der Waals surface area contributed by atoms with Crippen LogP contribution in [0.4, 0.5) is 0 Å². The lowest BCUT2D eigenvalue weighted by Crippen LogP contribution is -2.49. The summed E-state index contributed by atoms with van der Waals surface area (Å²) in [6, 6.07) is 6.14. The van der Waals surface area contributed by atoms with E-state index in [1.807, 2.05) is 0 Å². The van der Waals surface area contributed by atoms with Crippen LogP contribution in [-0.2, 0) is 19.6 Å². The van der Waals surface area contributed by atoms with Crippen molar-refractivity contribution in [3.05, 3.63) is 29.3 Å². The van der Waals surface area contributed by atoms with Crippen LogP contribution < -0.4 is 0 Å². The van der Waals surface area contributed by atoms with Crippen molar-refractivity contribution in [3.63, 3.8) is 0 Å². The summed E-state index contributed by atoms with van der Waals surface area (Å²) in [5.74, 6) is -0.242. The number of hydrogen-bond acceptors (Lipinski definition) is 4. The molecule has 2 aliphatic rings. The lowest BCUT2D eigenvalue weighted by Gasteiger charge is -2.35. The minimum Gasteiger partial charge on any atom is -0.378 e. The maximum absolute atomic E-state index is 12.8. The van der Waals surface area contributed by atoms with Crippen molar-refractivity contribution in [1.82, 2.24) is 9.21 Å². The molecular weight excluding hydrogens is 352 g/mol. The molecule has 2 heterocycles. The van der Waals surface area contributed by atoms with Crippen molar-refractivity contribution >= 4 is 27.5 Å². The summed E-state index contributed by atoms with van der Waals surface area (Å²) < 4.78 is 32.3. The van der Waals surface area contributed by atoms with Gasteiger partial charge in [-0.2, -0.15) is 4.31 Å². The second-order valence-electron chi connectivity index (χ2n) is 6.09. The van der Waals surface area contributed by atoms with Crippen LogP contribution in [0.5, 0.6) is 0 Å². The van der Waals surface area contributed by atoms with Crippen molar-refractivity contribution in [3.8, 4) is 0 Å². The van der Waals surface area contributed by atoms with Crippen LogP contribution in [-0.4, -0.2) is 62.9 Å². The molecule has 1 aromatic rings. The normalized spacial score (nSPS) is 23.2. The van der Waals surface area contributed by atoms with Gasteiger partial charge >= 0.3 is 0 Å². The average molecular weight is 373 g/mol. The fraction of sp³-hybridized carbons (Fsp3) is 0.562. The molecule has 2 fully saturated rings. The van der Waals surface area contributed by atoms with E-state index in [2.05, 4.69) is 0 Å². The van der Waals surface area contributed by atoms with Gasteiger partial charge in [-0.05, 0) is 37.1 Å². The fourth-order valence-electron chi connectivity index (χ4n) is 3.16. The van der Waals surface area contributed by atoms with Gasteiger partial charge in [0.1, 0.15) is 0 Å². The number of amides is 1. The van der Waals surface area contributed by atoms with E-state index in [0.717, 1.165) is 6.42 Å². The summed E-state index contributed by atoms with van der Waals surface area (Å²) >= 11 is 5.83. The topological polar surface area (TPSA) is 66.9 Å². The van der Waals surface area contributed by atoms with Gasteiger partial charge in [-0.15, -0.1) is 0 Å². The van der Waals surface area contributed by atoms with E-state index >= 15 is 0 Å². The molecule has 2 aliphatic heterocycles. The number of carbonyl (C=O) groups is 1. The first-order valence-electron chi connectivity index (χ1n) is 8.11. The van der Waals surface area contributed by atoms with Crippen LogP contribution in [0.3, 0.4) is 0 Å². The summed E-state index contributed by atoms with van der Waals surface area (Å²) in [6.07, 6.45) is 1.41. The Hall–Kier alpha value is -1.15. The number of piperidine rings is 1. The average Bonchev–Trinajstić information content (AvgIpc) is 2.62. The zero-order chi connectivity index (χ0) is 17.2. The van der Waals surface area contributed by atoms with Crippen LogP contribution in [0.15, 0.2) is 29.2 Å². The number of benzene rings is 1. The summed E-state index contributed by atoms with van der Waals surface area (Å²) in [7, 11) is -3.60. The van der Waals surface area contributed by atoms with Crippen molar-refractivity contribution in [1.29, 1.82) is 0 Å². The van der Waals surface area contributed by atoms with E-state index in [4.69, 9.17) is 16.3 Å². The molecule has 6 nitrogen and oxygen atoms in total. The molecule has 0 bridgehead atoms. The summed E-state index contributed by atoms with van der Waals surface area (Å²) in [5.41, 5.74) is 0. The third-order valence-electron chi connectivity index (χ3n) is 4.51. The molecule has 3 rings (SSSR count). The van der Waals surface area contributed by atoms with Gasteiger partial charge in [0.2, 0.25) is 15.9 Å². The summed E-state index contributed by atoms with van der Waals surface area (Å²) in [4.78, 5) is 14.6. The number of ether oxygens (including phenoxy) is 1. The molecule has 0 aliphatic carbocycles. The summed E-state index contributed by atoms with van der Waals surface area (Å²) in [5, 5.41) is 0.493. The molecule has 0 spiro atoms. The van der Waals surface area contributed by atoms with Crippen molar-refractivity contribution in [2.24, 2.45) is 5.92 Å². The van der Waals surface area contributed by atoms with Crippen molar-refractivity contribution < 1.29 is 17.9 Å². The molecule has 1 aromatic carbocycles. The van der Waals surface area contributed by atoms with Gasteiger partial charge in [-0.3, -0.25) is 4.79 Å². The van der Waals surface area contributed by atoms with Gasteiger partial charge in [0, 0.05) is 31.2 Å². The fourth-order valence-corrected chi connectivity index (χ4v) is 4.81. The molecule has 24 heavy (non-hydrogen) atoms.